The highest BCUT2D eigenvalue weighted by atomic mass is 35.5. The van der Waals surface area contributed by atoms with Crippen molar-refractivity contribution in [3.63, 3.8) is 0 Å². The number of amides is 1. The van der Waals surface area contributed by atoms with E-state index in [1.165, 1.54) is 10.6 Å². The summed E-state index contributed by atoms with van der Waals surface area (Å²) in [6.07, 6.45) is -1.14. The molecule has 0 bridgehead atoms. The summed E-state index contributed by atoms with van der Waals surface area (Å²) in [5.41, 5.74) is 0.0518. The smallest absolute Gasteiger partial charge is 0.393 e. The van der Waals surface area contributed by atoms with Crippen LogP contribution in [0.1, 0.15) is 43.3 Å². The highest BCUT2D eigenvalue weighted by Crippen LogP contribution is 2.33. The average molecular weight is 496 g/mol. The van der Waals surface area contributed by atoms with Crippen LogP contribution in [0.25, 0.3) is 11.4 Å². The fraction of sp³-hybridized carbons (Fsp3) is 0.364. The van der Waals surface area contributed by atoms with Gasteiger partial charge in [-0.1, -0.05) is 24.6 Å². The quantitative estimate of drug-likeness (QED) is 0.562. The summed E-state index contributed by atoms with van der Waals surface area (Å²) in [6.45, 7) is 1.55. The molecule has 2 aromatic heterocycles. The van der Waals surface area contributed by atoms with Gasteiger partial charge in [-0.3, -0.25) is 9.59 Å². The van der Waals surface area contributed by atoms with E-state index >= 15 is 0 Å². The zero-order chi connectivity index (χ0) is 24.6. The Bertz CT molecular complexity index is 1350. The van der Waals surface area contributed by atoms with Crippen LogP contribution in [0.2, 0.25) is 5.02 Å². The van der Waals surface area contributed by atoms with E-state index in [-0.39, 0.29) is 23.0 Å². The van der Waals surface area contributed by atoms with Crippen LogP contribution in [-0.4, -0.2) is 36.3 Å². The van der Waals surface area contributed by atoms with Gasteiger partial charge in [0.25, 0.3) is 5.56 Å². The molecule has 4 rings (SSSR count). The van der Waals surface area contributed by atoms with Gasteiger partial charge in [0, 0.05) is 11.8 Å². The fourth-order valence-corrected chi connectivity index (χ4v) is 4.02. The van der Waals surface area contributed by atoms with Crippen molar-refractivity contribution >= 4 is 34.5 Å². The van der Waals surface area contributed by atoms with Crippen LogP contribution in [0.3, 0.4) is 0 Å². The zero-order valence-corrected chi connectivity index (χ0v) is 18.8. The first kappa shape index (κ1) is 24.0. The fourth-order valence-electron chi connectivity index (χ4n) is 3.79. The van der Waals surface area contributed by atoms with Crippen molar-refractivity contribution in [2.24, 2.45) is 0 Å². The van der Waals surface area contributed by atoms with Gasteiger partial charge in [-0.15, -0.1) is 5.10 Å². The van der Waals surface area contributed by atoms with Crippen molar-refractivity contribution < 1.29 is 23.1 Å². The summed E-state index contributed by atoms with van der Waals surface area (Å²) < 4.78 is 41.2. The number of aliphatic hydroxyl groups excluding tert-OH is 1. The molecule has 1 amide bonds. The maximum atomic E-state index is 12.9. The monoisotopic (exact) mass is 495 g/mol. The highest BCUT2D eigenvalue weighted by molar-refractivity contribution is 6.33. The van der Waals surface area contributed by atoms with Gasteiger partial charge < -0.3 is 15.0 Å². The third-order valence-electron chi connectivity index (χ3n) is 5.58. The van der Waals surface area contributed by atoms with Crippen LogP contribution in [0, 0.1) is 0 Å². The Hall–Kier alpha value is -3.18. The van der Waals surface area contributed by atoms with Gasteiger partial charge in [-0.25, -0.2) is 0 Å². The first-order valence-electron chi connectivity index (χ1n) is 10.6. The molecule has 0 radical (unpaired) electrons. The second-order valence-corrected chi connectivity index (χ2v) is 8.37. The number of hydrogen-bond acceptors (Lipinski definition) is 5. The van der Waals surface area contributed by atoms with Gasteiger partial charge in [0.1, 0.15) is 6.54 Å². The number of aryl methyl sites for hydroxylation is 1. The molecule has 2 heterocycles. The number of nitrogens with one attached hydrogen (secondary N) is 1. The molecule has 1 atom stereocenters. The molecule has 0 saturated heterocycles. The van der Waals surface area contributed by atoms with Crippen molar-refractivity contribution in [1.29, 1.82) is 0 Å². The van der Waals surface area contributed by atoms with Crippen LogP contribution in [0.15, 0.2) is 35.1 Å². The maximum Gasteiger partial charge on any atom is 0.416 e. The Balaban J connectivity index is 1.65. The summed E-state index contributed by atoms with van der Waals surface area (Å²) in [4.78, 5) is 29.8. The molecule has 34 heavy (non-hydrogen) atoms. The van der Waals surface area contributed by atoms with Crippen molar-refractivity contribution in [2.75, 3.05) is 5.32 Å². The third-order valence-corrected chi connectivity index (χ3v) is 5.89. The summed E-state index contributed by atoms with van der Waals surface area (Å²) in [5.74, 6) is -0.0521. The van der Waals surface area contributed by atoms with Crippen molar-refractivity contribution in [3.05, 3.63) is 62.8 Å². The number of anilines is 1. The van der Waals surface area contributed by atoms with Gasteiger partial charge in [0.15, 0.2) is 5.82 Å². The number of allylic oxidation sites excluding steroid dienone is 1. The van der Waals surface area contributed by atoms with E-state index in [0.717, 1.165) is 28.3 Å². The molecule has 2 N–H and O–H groups in total. The lowest BCUT2D eigenvalue weighted by Crippen LogP contribution is -2.26. The largest absolute Gasteiger partial charge is 0.416 e. The van der Waals surface area contributed by atoms with Crippen molar-refractivity contribution in [2.45, 2.75) is 51.4 Å². The number of nitrogens with zero attached hydrogens (tertiary/aromatic N) is 4. The Morgan fingerprint density at radius 3 is 2.71 bits per heavy atom. The molecule has 1 aliphatic rings. The lowest BCUT2D eigenvalue weighted by Gasteiger charge is -2.15. The van der Waals surface area contributed by atoms with E-state index in [9.17, 15) is 27.9 Å². The number of aromatic nitrogens is 4. The minimum atomic E-state index is -4.55. The Morgan fingerprint density at radius 1 is 1.32 bits per heavy atom. The summed E-state index contributed by atoms with van der Waals surface area (Å²) in [6, 6.07) is 4.02. The molecule has 1 aromatic carbocycles. The SMILES string of the molecule is CCc1cc(=O)n2nc(C3=CCC(O)CC3)nc2n1CC(=O)Nc1ccc(C(F)(F)F)cc1Cl. The normalized spacial score (nSPS) is 16.5. The summed E-state index contributed by atoms with van der Waals surface area (Å²) >= 11 is 5.94. The molecule has 8 nitrogen and oxygen atoms in total. The number of hydrogen-bond donors (Lipinski definition) is 2. The average Bonchev–Trinajstić information content (AvgIpc) is 3.23. The molecule has 1 aliphatic carbocycles. The predicted octanol–water partition coefficient (Wildman–Crippen LogP) is 3.69. The molecule has 1 unspecified atom stereocenters. The molecule has 3 aromatic rings. The molecule has 12 heteroatoms. The van der Waals surface area contributed by atoms with Crippen molar-refractivity contribution in [1.82, 2.24) is 19.2 Å². The summed E-state index contributed by atoms with van der Waals surface area (Å²) in [5, 5.41) is 16.3. The van der Waals surface area contributed by atoms with E-state index in [0.29, 0.717) is 37.2 Å². The Labute approximate surface area is 196 Å². The zero-order valence-electron chi connectivity index (χ0n) is 18.1. The number of benzene rings is 1. The second-order valence-electron chi connectivity index (χ2n) is 7.96. The van der Waals surface area contributed by atoms with E-state index in [4.69, 9.17) is 11.6 Å². The van der Waals surface area contributed by atoms with E-state index in [2.05, 4.69) is 15.4 Å². The number of carbonyl (C=O) groups is 1. The lowest BCUT2D eigenvalue weighted by molar-refractivity contribution is -0.137. The number of rotatable bonds is 5. The Morgan fingerprint density at radius 2 is 2.09 bits per heavy atom. The van der Waals surface area contributed by atoms with Crippen LogP contribution in [0.4, 0.5) is 18.9 Å². The molecule has 0 fully saturated rings. The molecule has 0 spiro atoms. The van der Waals surface area contributed by atoms with Crippen molar-refractivity contribution in [3.8, 4) is 0 Å². The van der Waals surface area contributed by atoms with Gasteiger partial charge >= 0.3 is 6.18 Å². The van der Waals surface area contributed by atoms with E-state index in [1.807, 2.05) is 13.0 Å². The van der Waals surface area contributed by atoms with Crippen LogP contribution in [-0.2, 0) is 23.9 Å². The predicted molar refractivity (Wildman–Crippen MR) is 120 cm³/mol. The second kappa shape index (κ2) is 9.22. The minimum absolute atomic E-state index is 0.0304. The first-order chi connectivity index (χ1) is 16.1. The lowest BCUT2D eigenvalue weighted by atomic mass is 9.97. The van der Waals surface area contributed by atoms with Gasteiger partial charge in [0.2, 0.25) is 11.7 Å². The Kier molecular flexibility index (Phi) is 6.50. The van der Waals surface area contributed by atoms with E-state index in [1.54, 1.807) is 0 Å². The summed E-state index contributed by atoms with van der Waals surface area (Å²) in [7, 11) is 0. The molecular weight excluding hydrogens is 475 g/mol. The topological polar surface area (TPSA) is 102 Å². The number of halogens is 4. The minimum Gasteiger partial charge on any atom is -0.393 e. The number of alkyl halides is 3. The standard InChI is InChI=1S/C22H21ClF3N5O3/c1-2-14-10-19(34)31-21(28-20(29-31)12-3-6-15(32)7-4-12)30(14)11-18(33)27-17-8-5-13(9-16(17)23)22(24,25)26/h3,5,8-10,15,32H,2,4,6-7,11H2,1H3,(H,27,33). The van der Waals surface area contributed by atoms with Gasteiger partial charge in [-0.05, 0) is 49.5 Å². The third kappa shape index (κ3) is 4.85. The number of aliphatic hydroxyl groups is 1. The van der Waals surface area contributed by atoms with Gasteiger partial charge in [-0.2, -0.15) is 22.7 Å². The number of fused-ring (bicyclic) bond motifs is 1. The molecule has 0 aliphatic heterocycles. The van der Waals surface area contributed by atoms with Gasteiger partial charge in [0.05, 0.1) is 22.4 Å². The highest BCUT2D eigenvalue weighted by Gasteiger charge is 2.31. The molecular formula is C22H21ClF3N5O3. The van der Waals surface area contributed by atoms with E-state index < -0.39 is 29.3 Å². The van der Waals surface area contributed by atoms with Crippen LogP contribution >= 0.6 is 11.6 Å². The maximum absolute atomic E-state index is 12.9. The molecule has 180 valence electrons. The van der Waals surface area contributed by atoms with Crippen LogP contribution < -0.4 is 10.9 Å². The molecule has 0 saturated carbocycles. The number of carbonyl (C=O) groups excluding carboxylic acids is 1. The van der Waals surface area contributed by atoms with Crippen LogP contribution in [0.5, 0.6) is 0 Å². The first-order valence-corrected chi connectivity index (χ1v) is 11.0.